The number of furan rings is 1. The van der Waals surface area contributed by atoms with Gasteiger partial charge in [0.15, 0.2) is 0 Å². The zero-order valence-corrected chi connectivity index (χ0v) is 15.0. The lowest BCUT2D eigenvalue weighted by atomic mass is 10.0. The van der Waals surface area contributed by atoms with E-state index in [1.165, 1.54) is 11.9 Å². The smallest absolute Gasteiger partial charge is 0.410 e. The Hall–Kier alpha value is -2.02. The molecule has 2 amide bonds. The summed E-state index contributed by atoms with van der Waals surface area (Å²) in [5.41, 5.74) is -0.606. The van der Waals surface area contributed by atoms with Crippen LogP contribution in [0.4, 0.5) is 4.79 Å². The summed E-state index contributed by atoms with van der Waals surface area (Å²) >= 11 is 0. The molecule has 0 radical (unpaired) electrons. The van der Waals surface area contributed by atoms with Gasteiger partial charge in [0, 0.05) is 20.0 Å². The predicted molar refractivity (Wildman–Crippen MR) is 89.5 cm³/mol. The van der Waals surface area contributed by atoms with Crippen LogP contribution in [0.15, 0.2) is 22.8 Å². The van der Waals surface area contributed by atoms with E-state index in [1.807, 2.05) is 6.07 Å². The number of nitrogens with zero attached hydrogens (tertiary/aromatic N) is 1. The molecule has 2 unspecified atom stereocenters. The highest BCUT2D eigenvalue weighted by atomic mass is 16.6. The molecular formula is C17H28N2O5. The van der Waals surface area contributed by atoms with Gasteiger partial charge >= 0.3 is 6.09 Å². The average Bonchev–Trinajstić information content (AvgIpc) is 2.97. The minimum atomic E-state index is -0.980. The topological polar surface area (TPSA) is 92.0 Å². The quantitative estimate of drug-likeness (QED) is 0.790. The van der Waals surface area contributed by atoms with E-state index in [4.69, 9.17) is 9.15 Å². The molecule has 7 heteroatoms. The van der Waals surface area contributed by atoms with Crippen molar-refractivity contribution in [3.63, 3.8) is 0 Å². The van der Waals surface area contributed by atoms with Crippen LogP contribution in [0.5, 0.6) is 0 Å². The van der Waals surface area contributed by atoms with Gasteiger partial charge in [0.1, 0.15) is 11.4 Å². The average molecular weight is 340 g/mol. The number of rotatable bonds is 7. The van der Waals surface area contributed by atoms with E-state index in [-0.39, 0.29) is 12.5 Å². The number of ether oxygens (including phenoxy) is 1. The molecule has 0 spiro atoms. The van der Waals surface area contributed by atoms with Crippen LogP contribution in [0.3, 0.4) is 0 Å². The van der Waals surface area contributed by atoms with E-state index in [9.17, 15) is 14.7 Å². The van der Waals surface area contributed by atoms with Gasteiger partial charge in [-0.2, -0.15) is 0 Å². The Kier molecular flexibility index (Phi) is 7.28. The minimum absolute atomic E-state index is 0.0156. The first-order chi connectivity index (χ1) is 11.1. The molecule has 0 aromatic carbocycles. The highest BCUT2D eigenvalue weighted by molar-refractivity contribution is 5.79. The molecule has 1 aromatic rings. The Morgan fingerprint density at radius 3 is 2.62 bits per heavy atom. The highest BCUT2D eigenvalue weighted by Gasteiger charge is 2.26. The van der Waals surface area contributed by atoms with Crippen LogP contribution in [0, 0.1) is 5.92 Å². The fourth-order valence-corrected chi connectivity index (χ4v) is 1.95. The van der Waals surface area contributed by atoms with E-state index in [0.717, 1.165) is 5.76 Å². The van der Waals surface area contributed by atoms with E-state index >= 15 is 0 Å². The molecule has 0 fully saturated rings. The molecule has 2 atom stereocenters. The number of amides is 2. The van der Waals surface area contributed by atoms with Crippen molar-refractivity contribution >= 4 is 12.0 Å². The van der Waals surface area contributed by atoms with Crippen LogP contribution in [-0.2, 0) is 16.0 Å². The van der Waals surface area contributed by atoms with Crippen molar-refractivity contribution in [3.05, 3.63) is 24.2 Å². The Morgan fingerprint density at radius 2 is 2.08 bits per heavy atom. The molecule has 136 valence electrons. The van der Waals surface area contributed by atoms with Gasteiger partial charge in [-0.15, -0.1) is 0 Å². The van der Waals surface area contributed by atoms with E-state index < -0.39 is 23.7 Å². The van der Waals surface area contributed by atoms with Crippen LogP contribution < -0.4 is 5.32 Å². The first-order valence-electron chi connectivity index (χ1n) is 8.02. The Bertz CT molecular complexity index is 522. The summed E-state index contributed by atoms with van der Waals surface area (Å²) in [5.74, 6) is -0.133. The second kappa shape index (κ2) is 8.73. The fourth-order valence-electron chi connectivity index (χ4n) is 1.95. The maximum absolute atomic E-state index is 12.1. The largest absolute Gasteiger partial charge is 0.469 e. The summed E-state index contributed by atoms with van der Waals surface area (Å²) in [6.07, 6.45) is 0.646. The van der Waals surface area contributed by atoms with Crippen molar-refractivity contribution in [1.29, 1.82) is 0 Å². The zero-order valence-electron chi connectivity index (χ0n) is 15.0. The van der Waals surface area contributed by atoms with Crippen LogP contribution in [-0.4, -0.2) is 53.8 Å². The van der Waals surface area contributed by atoms with Crippen LogP contribution in [0.1, 0.15) is 33.5 Å². The molecule has 0 bridgehead atoms. The molecule has 2 N–H and O–H groups in total. The first kappa shape index (κ1) is 20.0. The SMILES string of the molecule is CC(C(=O)NCCc1ccco1)C(O)CN(C)C(=O)OC(C)(C)C. The third-order valence-electron chi connectivity index (χ3n) is 3.41. The monoisotopic (exact) mass is 340 g/mol. The van der Waals surface area contributed by atoms with Crippen molar-refractivity contribution in [3.8, 4) is 0 Å². The van der Waals surface area contributed by atoms with Crippen molar-refractivity contribution in [1.82, 2.24) is 10.2 Å². The van der Waals surface area contributed by atoms with Crippen LogP contribution in [0.25, 0.3) is 0 Å². The molecule has 0 aliphatic heterocycles. The Labute approximate surface area is 143 Å². The molecule has 0 aliphatic carbocycles. The Balaban J connectivity index is 2.37. The van der Waals surface area contributed by atoms with Gasteiger partial charge in [-0.05, 0) is 32.9 Å². The number of aliphatic hydroxyl groups is 1. The van der Waals surface area contributed by atoms with Crippen molar-refractivity contribution in [2.45, 2.75) is 45.8 Å². The summed E-state index contributed by atoms with van der Waals surface area (Å²) < 4.78 is 10.4. The number of nitrogens with one attached hydrogen (secondary N) is 1. The highest BCUT2D eigenvalue weighted by Crippen LogP contribution is 2.11. The Morgan fingerprint density at radius 1 is 1.42 bits per heavy atom. The molecule has 0 saturated heterocycles. The number of aliphatic hydroxyl groups excluding tert-OH is 1. The second-order valence-corrected chi connectivity index (χ2v) is 6.84. The fraction of sp³-hybridized carbons (Fsp3) is 0.647. The van der Waals surface area contributed by atoms with Crippen LogP contribution >= 0.6 is 0 Å². The first-order valence-corrected chi connectivity index (χ1v) is 8.02. The maximum Gasteiger partial charge on any atom is 0.410 e. The normalized spacial score (nSPS) is 13.9. The van der Waals surface area contributed by atoms with Gasteiger partial charge in [-0.3, -0.25) is 4.79 Å². The lowest BCUT2D eigenvalue weighted by Crippen LogP contribution is -2.44. The summed E-state index contributed by atoms with van der Waals surface area (Å²) in [7, 11) is 1.53. The summed E-state index contributed by atoms with van der Waals surface area (Å²) in [4.78, 5) is 25.2. The van der Waals surface area contributed by atoms with Crippen molar-refractivity contribution in [2.75, 3.05) is 20.1 Å². The summed E-state index contributed by atoms with van der Waals surface area (Å²) in [5, 5.41) is 12.9. The van der Waals surface area contributed by atoms with E-state index in [2.05, 4.69) is 5.32 Å². The minimum Gasteiger partial charge on any atom is -0.469 e. The third kappa shape index (κ3) is 7.04. The number of likely N-dealkylation sites (N-methyl/N-ethyl adjacent to an activating group) is 1. The molecule has 0 saturated carbocycles. The van der Waals surface area contributed by atoms with Crippen molar-refractivity contribution < 1.29 is 23.8 Å². The van der Waals surface area contributed by atoms with Gasteiger partial charge in [0.2, 0.25) is 5.91 Å². The number of hydrogen-bond donors (Lipinski definition) is 2. The predicted octanol–water partition coefficient (Wildman–Crippen LogP) is 1.80. The van der Waals surface area contributed by atoms with Gasteiger partial charge in [-0.1, -0.05) is 6.92 Å². The second-order valence-electron chi connectivity index (χ2n) is 6.84. The number of hydrogen-bond acceptors (Lipinski definition) is 5. The van der Waals surface area contributed by atoms with Gasteiger partial charge < -0.3 is 24.5 Å². The van der Waals surface area contributed by atoms with Crippen LogP contribution in [0.2, 0.25) is 0 Å². The van der Waals surface area contributed by atoms with Gasteiger partial charge in [0.05, 0.1) is 24.8 Å². The molecule has 1 aromatic heterocycles. The summed E-state index contributed by atoms with van der Waals surface area (Å²) in [6, 6.07) is 3.62. The van der Waals surface area contributed by atoms with E-state index in [1.54, 1.807) is 40.0 Å². The lowest BCUT2D eigenvalue weighted by molar-refractivity contribution is -0.128. The van der Waals surface area contributed by atoms with Gasteiger partial charge in [-0.25, -0.2) is 4.79 Å². The third-order valence-corrected chi connectivity index (χ3v) is 3.41. The molecule has 7 nitrogen and oxygen atoms in total. The standard InChI is InChI=1S/C17H28N2O5/c1-12(15(21)18-9-8-13-7-6-10-23-13)14(20)11-19(5)16(22)24-17(2,3)4/h6-7,10,12,14,20H,8-9,11H2,1-5H3,(H,18,21). The molecular weight excluding hydrogens is 312 g/mol. The lowest BCUT2D eigenvalue weighted by Gasteiger charge is -2.27. The molecule has 0 aliphatic rings. The zero-order chi connectivity index (χ0) is 18.3. The molecule has 24 heavy (non-hydrogen) atoms. The number of carbonyl (C=O) groups is 2. The van der Waals surface area contributed by atoms with Crippen molar-refractivity contribution in [2.24, 2.45) is 5.92 Å². The molecule has 1 rings (SSSR count). The van der Waals surface area contributed by atoms with Gasteiger partial charge in [0.25, 0.3) is 0 Å². The summed E-state index contributed by atoms with van der Waals surface area (Å²) in [6.45, 7) is 7.36. The van der Waals surface area contributed by atoms with E-state index in [0.29, 0.717) is 13.0 Å². The molecule has 1 heterocycles. The maximum atomic E-state index is 12.1. The number of carbonyl (C=O) groups excluding carboxylic acids is 2.